The highest BCUT2D eigenvalue weighted by molar-refractivity contribution is 5.68. The molecule has 3 saturated heterocycles. The highest BCUT2D eigenvalue weighted by atomic mass is 19.1. The number of hydrogen-bond donors (Lipinski definition) is 0. The van der Waals surface area contributed by atoms with Gasteiger partial charge >= 0.3 is 23.9 Å². The molecule has 0 amide bonds. The molecule has 0 N–H and O–H groups in total. The van der Waals surface area contributed by atoms with Gasteiger partial charge in [0.15, 0.2) is 43.4 Å². The van der Waals surface area contributed by atoms with E-state index in [-0.39, 0.29) is 26.1 Å². The van der Waals surface area contributed by atoms with Crippen LogP contribution in [0.5, 0.6) is 0 Å². The molecule has 32 heteroatoms. The first-order valence-corrected chi connectivity index (χ1v) is 23.2. The molecule has 0 unspecified atom stereocenters. The minimum Gasteiger partial charge on any atom is -0.459 e. The molecule has 0 bridgehead atoms. The topological polar surface area (TPSA) is 423 Å². The Hall–Kier alpha value is -5.96. The van der Waals surface area contributed by atoms with Crippen molar-refractivity contribution in [3.63, 3.8) is 0 Å². The van der Waals surface area contributed by atoms with Crippen molar-refractivity contribution in [2.24, 2.45) is 25.6 Å². The highest BCUT2D eigenvalue weighted by Crippen LogP contribution is 2.41. The van der Waals surface area contributed by atoms with Crippen LogP contribution in [0.2, 0.25) is 0 Å². The summed E-state index contributed by atoms with van der Waals surface area (Å²) in [7, 11) is 0. The number of alkyl halides is 1. The third kappa shape index (κ3) is 15.8. The van der Waals surface area contributed by atoms with Gasteiger partial charge in [0.05, 0.1) is 43.5 Å². The lowest BCUT2D eigenvalue weighted by atomic mass is 9.83. The second-order valence-electron chi connectivity index (χ2n) is 16.8. The van der Waals surface area contributed by atoms with E-state index in [2.05, 4.69) is 50.1 Å². The number of ether oxygens (including phenoxy) is 12. The van der Waals surface area contributed by atoms with Gasteiger partial charge in [-0.05, 0) is 53.3 Å². The van der Waals surface area contributed by atoms with Crippen LogP contribution in [0.25, 0.3) is 52.2 Å². The summed E-state index contributed by atoms with van der Waals surface area (Å²) in [5, 5.41) is 18.6. The summed E-state index contributed by atoms with van der Waals surface area (Å²) in [5.41, 5.74) is 47.7. The Morgan fingerprint density at radius 3 is 1.49 bits per heavy atom. The molecule has 0 radical (unpaired) electrons. The van der Waals surface area contributed by atoms with E-state index in [1.54, 1.807) is 6.92 Å². The van der Waals surface area contributed by atoms with Crippen molar-refractivity contribution in [2.75, 3.05) is 26.3 Å². The molecule has 398 valence electrons. The van der Waals surface area contributed by atoms with Crippen molar-refractivity contribution in [2.45, 2.75) is 203 Å². The molecule has 1 saturated carbocycles. The molecule has 0 aromatic heterocycles. The summed E-state index contributed by atoms with van der Waals surface area (Å²) < 4.78 is 89.8. The number of halogens is 1. The zero-order valence-corrected chi connectivity index (χ0v) is 40.7. The third-order valence-electron chi connectivity index (χ3n) is 11.7. The largest absolute Gasteiger partial charge is 0.459 e. The Labute approximate surface area is 411 Å². The van der Waals surface area contributed by atoms with Gasteiger partial charge in [-0.2, -0.15) is 0 Å². The maximum absolute atomic E-state index is 17.0. The van der Waals surface area contributed by atoms with E-state index < -0.39 is 153 Å². The van der Waals surface area contributed by atoms with Crippen LogP contribution in [0.3, 0.4) is 0 Å². The Balaban J connectivity index is 1.87. The maximum Gasteiger partial charge on any atom is 0.303 e. The second-order valence-corrected chi connectivity index (χ2v) is 16.8. The third-order valence-corrected chi connectivity index (χ3v) is 11.7. The average Bonchev–Trinajstić information content (AvgIpc) is 3.64. The van der Waals surface area contributed by atoms with Gasteiger partial charge in [-0.1, -0.05) is 59.2 Å². The van der Waals surface area contributed by atoms with Crippen LogP contribution in [0, 0.1) is 0 Å². The number of carbonyl (C=O) groups excluding carboxylic acids is 4. The van der Waals surface area contributed by atoms with Crippen molar-refractivity contribution in [1.82, 2.24) is 0 Å². The summed E-state index contributed by atoms with van der Waals surface area (Å²) >= 11 is 0. The van der Waals surface area contributed by atoms with Crippen LogP contribution in [0.15, 0.2) is 25.6 Å². The van der Waals surface area contributed by atoms with Crippen molar-refractivity contribution in [1.29, 1.82) is 0 Å². The second kappa shape index (κ2) is 29.5. The summed E-state index contributed by atoms with van der Waals surface area (Å²) in [6.45, 7) is 8.82. The molecular weight excluding hydrogens is 966 g/mol. The summed E-state index contributed by atoms with van der Waals surface area (Å²) in [6.07, 6.45) is -22.9. The van der Waals surface area contributed by atoms with E-state index in [0.29, 0.717) is 25.7 Å². The highest BCUT2D eigenvalue weighted by Gasteiger charge is 2.58. The Kier molecular flexibility index (Phi) is 24.0. The standard InChI is InChI=1S/C40H60FN15O16/c1-8-11-13-61-31-25(16-47-52-42)69-39(34(27(31)41)62-14-12-9-2)70-30-23(50-55-45)15-22(49-54-44)29(63-18(4)57)36(30)72-40-37(66-21(7)60)32(24(10-3)67-40)71-38-28(51-56-46)35(65-20(6)59)33(64-19(5)58)26(68-38)17-48-53-43/h22-40H,8-17H2,1-7H3/t22-,23+,24-,25-,26+,27+,28-,29+,30-,31-,32-,33-,34-,35-,36-,37-,38-,39-,40+/m1/s1. The van der Waals surface area contributed by atoms with Crippen molar-refractivity contribution < 1.29 is 80.4 Å². The number of carbonyl (C=O) groups is 4. The number of esters is 4. The van der Waals surface area contributed by atoms with Crippen LogP contribution < -0.4 is 0 Å². The van der Waals surface area contributed by atoms with Gasteiger partial charge in [0.25, 0.3) is 0 Å². The van der Waals surface area contributed by atoms with Gasteiger partial charge in [0.1, 0.15) is 42.7 Å². The quantitative estimate of drug-likeness (QED) is 0.0231. The van der Waals surface area contributed by atoms with Crippen LogP contribution in [-0.4, -0.2) is 167 Å². The number of rotatable bonds is 26. The molecule has 31 nitrogen and oxygen atoms in total. The molecule has 3 heterocycles. The lowest BCUT2D eigenvalue weighted by Crippen LogP contribution is -2.64. The zero-order chi connectivity index (χ0) is 52.9. The molecule has 19 atom stereocenters. The predicted molar refractivity (Wildman–Crippen MR) is 239 cm³/mol. The van der Waals surface area contributed by atoms with Gasteiger partial charge in [0.2, 0.25) is 0 Å². The first-order chi connectivity index (χ1) is 34.6. The summed E-state index contributed by atoms with van der Waals surface area (Å²) in [6, 6.07) is -4.36. The minimum absolute atomic E-state index is 0.0240. The lowest BCUT2D eigenvalue weighted by Gasteiger charge is -2.48. The zero-order valence-electron chi connectivity index (χ0n) is 40.7. The van der Waals surface area contributed by atoms with E-state index in [1.165, 1.54) is 0 Å². The first kappa shape index (κ1) is 58.6. The van der Waals surface area contributed by atoms with Crippen molar-refractivity contribution >= 4 is 23.9 Å². The monoisotopic (exact) mass is 1030 g/mol. The fourth-order valence-corrected chi connectivity index (χ4v) is 8.68. The van der Waals surface area contributed by atoms with Gasteiger partial charge in [-0.15, -0.1) is 0 Å². The van der Waals surface area contributed by atoms with Gasteiger partial charge in [0, 0.05) is 65.5 Å². The number of azide groups is 5. The van der Waals surface area contributed by atoms with E-state index >= 15 is 4.39 Å². The molecule has 0 aromatic carbocycles. The molecular formula is C40H60FN15O16. The average molecular weight is 1030 g/mol. The number of hydrogen-bond acceptors (Lipinski definition) is 21. The Morgan fingerprint density at radius 2 is 0.958 bits per heavy atom. The smallest absolute Gasteiger partial charge is 0.303 e. The fourth-order valence-electron chi connectivity index (χ4n) is 8.68. The summed E-state index contributed by atoms with van der Waals surface area (Å²) in [4.78, 5) is 64.9. The molecule has 3 aliphatic heterocycles. The van der Waals surface area contributed by atoms with E-state index in [0.717, 1.165) is 27.7 Å². The molecule has 4 rings (SSSR count). The van der Waals surface area contributed by atoms with Crippen molar-refractivity contribution in [3.8, 4) is 0 Å². The molecule has 72 heavy (non-hydrogen) atoms. The number of unbranched alkanes of at least 4 members (excludes halogenated alkanes) is 2. The molecule has 0 aromatic rings. The van der Waals surface area contributed by atoms with E-state index in [1.807, 2.05) is 13.8 Å². The maximum atomic E-state index is 17.0. The Morgan fingerprint density at radius 1 is 0.514 bits per heavy atom. The number of nitrogens with zero attached hydrogens (tertiary/aromatic N) is 15. The van der Waals surface area contributed by atoms with Crippen LogP contribution >= 0.6 is 0 Å². The molecule has 0 spiro atoms. The van der Waals surface area contributed by atoms with Crippen molar-refractivity contribution in [3.05, 3.63) is 52.2 Å². The molecule has 1 aliphatic carbocycles. The minimum atomic E-state index is -1.97. The van der Waals surface area contributed by atoms with Gasteiger partial charge < -0.3 is 56.8 Å². The van der Waals surface area contributed by atoms with Gasteiger partial charge in [-0.25, -0.2) is 4.39 Å². The molecule has 4 aliphatic rings. The SMILES string of the molecule is CCCCO[C@H]1[C@@H](O[C@H]2[C@H](O[C@@H]3O[C@H](CC)[C@@H](O[C@H]4O[C@@H](CN=[N+]=[N-])[C@@H](OC(C)=O)[C@H](OC(C)=O)[C@H]4N=[N+]=[N-])[C@H]3OC(C)=O)[C@@H](OC(C)=O)[C@H](N=[N+]=[N-])C[C@@H]2N=[N+]=[N-])O[C@H](CN=[N+]=[N-])[C@@H](OCCCC)[C@@H]1F. The van der Waals surface area contributed by atoms with Crippen LogP contribution in [-0.2, 0) is 76.0 Å². The fraction of sp³-hybridized carbons (Fsp3) is 0.900. The lowest BCUT2D eigenvalue weighted by molar-refractivity contribution is -0.332. The Bertz CT molecular complexity index is 2090. The van der Waals surface area contributed by atoms with E-state index in [4.69, 9.17) is 56.8 Å². The first-order valence-electron chi connectivity index (χ1n) is 23.2. The van der Waals surface area contributed by atoms with Crippen LogP contribution in [0.4, 0.5) is 4.39 Å². The predicted octanol–water partition coefficient (Wildman–Crippen LogP) is 6.22. The molecule has 4 fully saturated rings. The normalized spacial score (nSPS) is 35.0. The van der Waals surface area contributed by atoms with Gasteiger partial charge in [-0.3, -0.25) is 19.2 Å². The van der Waals surface area contributed by atoms with E-state index in [9.17, 15) is 46.8 Å². The van der Waals surface area contributed by atoms with Crippen LogP contribution in [0.1, 0.15) is 87.0 Å². The summed E-state index contributed by atoms with van der Waals surface area (Å²) in [5.74, 6) is -3.60.